The van der Waals surface area contributed by atoms with E-state index in [2.05, 4.69) is 0 Å². The molecule has 0 saturated carbocycles. The van der Waals surface area contributed by atoms with Gasteiger partial charge >= 0.3 is 0 Å². The van der Waals surface area contributed by atoms with Gasteiger partial charge in [0.15, 0.2) is 0 Å². The highest BCUT2D eigenvalue weighted by Gasteiger charge is 2.54. The van der Waals surface area contributed by atoms with Crippen LogP contribution in [-0.4, -0.2) is 29.3 Å². The molecule has 0 bridgehead atoms. The monoisotopic (exact) mass is 1370 g/mol. The molecule has 0 saturated heterocycles. The summed E-state index contributed by atoms with van der Waals surface area (Å²) in [5.74, 6) is -1.81. The Morgan fingerprint density at radius 2 is 0.642 bits per heavy atom. The third-order valence-electron chi connectivity index (χ3n) is 22.1. The fraction of sp³-hybridized carbons (Fsp3) is 0. The summed E-state index contributed by atoms with van der Waals surface area (Å²) in [6, 6.07) is 49.4. The number of aromatic nitrogens is 2. The smallest absolute Gasteiger partial charge is 0.261 e. The maximum Gasteiger partial charge on any atom is 0.261 e. The van der Waals surface area contributed by atoms with Crippen LogP contribution in [0.1, 0.15) is 30.2 Å². The van der Waals surface area contributed by atoms with Crippen LogP contribution in [0.3, 0.4) is 0 Å². The lowest BCUT2D eigenvalue weighted by atomic mass is 9.28. The summed E-state index contributed by atoms with van der Waals surface area (Å²) in [6.07, 6.45) is 0. The van der Waals surface area contributed by atoms with Gasteiger partial charge in [-0.15, -0.1) is 0 Å². The van der Waals surface area contributed by atoms with Crippen molar-refractivity contribution >= 4 is 147 Å². The van der Waals surface area contributed by atoms with Gasteiger partial charge in [-0.2, -0.15) is 0 Å². The Morgan fingerprint density at radius 1 is 0.283 bits per heavy atom. The molecule has 0 atom stereocenters. The molecule has 6 aliphatic rings. The largest absolute Gasteiger partial charge is 0.459 e. The van der Waals surface area contributed by atoms with Crippen LogP contribution in [0.2, 0.25) is 0 Å². The molecule has 18 aromatic rings. The van der Waals surface area contributed by atoms with E-state index in [0.29, 0.717) is 83.8 Å². The number of hydrogen-bond donors (Lipinski definition) is 0. The van der Waals surface area contributed by atoms with Crippen molar-refractivity contribution in [1.82, 2.24) is 9.13 Å². The standard InChI is InChI=1S/C96H56B3FN4O2/c100-63-35-21-34-61(52-63)62-53-78-86-79(54-62)104(92-66(59-30-9-3-10-31-59)40-23-41-67(92)60-32-11-4-12-33-60)83-56-81-88-96(106-85-51-20-16-45-73(85)98(88)75-47-25-43-71-69-37-14-18-49-77(69)102(81)94(71)75)90(83)99(86)89-82(103(78)91-64(57-26-5-1-6-27-57)38-22-39-65(91)58-28-7-2-8-29-58)55-80-87-95(89)105-84-50-19-15-44-72(84)97(87)74-46-24-42-70-68-36-13-17-48-76(68)101(80)93(70)74/h1-56H/i13D,14D,15D,16D,17D,18D,19D,20D,24D,25D,36D,37D,42D,43D,44D,45D,46D,47D,48D,49D,50D,51D. The van der Waals surface area contributed by atoms with E-state index in [4.69, 9.17) is 9.47 Å². The van der Waals surface area contributed by atoms with Crippen molar-refractivity contribution in [2.24, 2.45) is 0 Å². The molecule has 0 aliphatic carbocycles. The summed E-state index contributed by atoms with van der Waals surface area (Å²) in [6.45, 7) is -4.79. The summed E-state index contributed by atoms with van der Waals surface area (Å²) in [7, 11) is 0. The first-order chi connectivity index (χ1) is 61.7. The maximum atomic E-state index is 17.1. The first-order valence-corrected chi connectivity index (χ1v) is 34.8. The van der Waals surface area contributed by atoms with Gasteiger partial charge in [0.2, 0.25) is 0 Å². The second-order valence-electron chi connectivity index (χ2n) is 27.3. The molecule has 6 aliphatic heterocycles. The summed E-state index contributed by atoms with van der Waals surface area (Å²) in [5.41, 5.74) is 7.71. The lowest BCUT2D eigenvalue weighted by molar-refractivity contribution is 0.490. The zero-order valence-electron chi connectivity index (χ0n) is 77.3. The molecule has 10 heteroatoms. The molecule has 16 aromatic carbocycles. The molecule has 488 valence electrons. The number of para-hydroxylation sites is 8. The highest BCUT2D eigenvalue weighted by Crippen LogP contribution is 2.57. The van der Waals surface area contributed by atoms with Crippen LogP contribution in [-0.2, 0) is 0 Å². The Labute approximate surface area is 642 Å². The van der Waals surface area contributed by atoms with Crippen LogP contribution in [0.25, 0.3) is 111 Å². The first-order valence-electron chi connectivity index (χ1n) is 45.8. The van der Waals surface area contributed by atoms with Gasteiger partial charge in [0, 0.05) is 89.0 Å². The van der Waals surface area contributed by atoms with Crippen molar-refractivity contribution < 1.29 is 44.0 Å². The fourth-order valence-corrected chi connectivity index (χ4v) is 18.0. The number of hydrogen-bond acceptors (Lipinski definition) is 4. The van der Waals surface area contributed by atoms with Crippen molar-refractivity contribution in [3.05, 3.63) is 345 Å². The summed E-state index contributed by atoms with van der Waals surface area (Å²) >= 11 is 0. The second kappa shape index (κ2) is 21.8. The van der Waals surface area contributed by atoms with Crippen LogP contribution in [0.4, 0.5) is 38.5 Å². The van der Waals surface area contributed by atoms with Crippen molar-refractivity contribution in [2.45, 2.75) is 0 Å². The van der Waals surface area contributed by atoms with E-state index in [1.54, 1.807) is 33.4 Å². The lowest BCUT2D eigenvalue weighted by Gasteiger charge is -2.48. The zero-order chi connectivity index (χ0) is 88.3. The quantitative estimate of drug-likeness (QED) is 0.149. The highest BCUT2D eigenvalue weighted by molar-refractivity contribution is 7.05. The van der Waals surface area contributed by atoms with E-state index < -0.39 is 170 Å². The van der Waals surface area contributed by atoms with Gasteiger partial charge in [0.05, 0.1) is 52.6 Å². The average Bonchev–Trinajstić information content (AvgIpc) is 1.24. The van der Waals surface area contributed by atoms with Crippen molar-refractivity contribution in [3.8, 4) is 90.0 Å². The molecule has 0 spiro atoms. The number of ether oxygens (including phenoxy) is 2. The molecule has 0 unspecified atom stereocenters. The van der Waals surface area contributed by atoms with Crippen molar-refractivity contribution in [2.75, 3.05) is 9.80 Å². The predicted octanol–water partition coefficient (Wildman–Crippen LogP) is 18.3. The zero-order valence-corrected chi connectivity index (χ0v) is 55.3. The summed E-state index contributed by atoms with van der Waals surface area (Å²) in [4.78, 5) is 4.10. The minimum Gasteiger partial charge on any atom is -0.459 e. The molecule has 2 aromatic heterocycles. The van der Waals surface area contributed by atoms with Gasteiger partial charge in [0.1, 0.15) is 28.8 Å². The average molecular weight is 1370 g/mol. The third-order valence-corrected chi connectivity index (χ3v) is 22.1. The van der Waals surface area contributed by atoms with Crippen LogP contribution >= 0.6 is 0 Å². The fourth-order valence-electron chi connectivity index (χ4n) is 18.0. The normalized spacial score (nSPS) is 16.3. The van der Waals surface area contributed by atoms with Crippen LogP contribution in [0.15, 0.2) is 339 Å². The Morgan fingerprint density at radius 3 is 1.08 bits per heavy atom. The molecule has 0 amide bonds. The van der Waals surface area contributed by atoms with Gasteiger partial charge in [-0.05, 0) is 143 Å². The predicted molar refractivity (Wildman–Crippen MR) is 439 cm³/mol. The lowest BCUT2D eigenvalue weighted by Crippen LogP contribution is -2.67. The minimum absolute atomic E-state index is 0.0441. The van der Waals surface area contributed by atoms with Crippen LogP contribution < -0.4 is 68.4 Å². The molecule has 0 N–H and O–H groups in total. The summed E-state index contributed by atoms with van der Waals surface area (Å²) in [5, 5.41) is -0.714. The van der Waals surface area contributed by atoms with Gasteiger partial charge in [-0.3, -0.25) is 0 Å². The molecule has 0 fully saturated rings. The SMILES string of the molecule is [2H]c1c([2H])c([2H])c2c(c1[2H])Oc1c3c(cc4c1B2c1c([2H])c([2H])c([2H])c2c5c([2H])c([2H])c([2H])c([2H])c5n-4c12)N(c1c(-c2ccccc2)cccc1-c1ccccc1)c1cc(-c2cccc(F)c2)cc2c1B3c1c(cc3c4c1Oc1c([2H])c([2H])c([2H])c([2H])c1B4c1c([2H])c([2H])c([2H])c4c5c([2H])c([2H])c([2H])c([2H])c5n-3c14)N2c1c(-c2ccccc2)cccc1-c1ccccc1. The Bertz CT molecular complexity index is 7730. The van der Waals surface area contributed by atoms with E-state index in [-0.39, 0.29) is 122 Å². The van der Waals surface area contributed by atoms with E-state index >= 15 is 4.39 Å². The number of halogens is 1. The number of fused-ring (bicyclic) bond motifs is 20. The maximum absolute atomic E-state index is 17.1. The highest BCUT2D eigenvalue weighted by atomic mass is 19.1. The Kier molecular flexibility index (Phi) is 8.40. The van der Waals surface area contributed by atoms with Gasteiger partial charge < -0.3 is 28.4 Å². The van der Waals surface area contributed by atoms with Crippen molar-refractivity contribution in [3.63, 3.8) is 0 Å². The number of anilines is 6. The first kappa shape index (κ1) is 40.9. The third kappa shape index (κ3) is 7.81. The van der Waals surface area contributed by atoms with E-state index in [1.807, 2.05) is 180 Å². The topological polar surface area (TPSA) is 34.8 Å². The molecule has 24 rings (SSSR count). The molecule has 8 heterocycles. The number of benzene rings is 16. The second-order valence-corrected chi connectivity index (χ2v) is 27.3. The van der Waals surface area contributed by atoms with Gasteiger partial charge in [0.25, 0.3) is 20.1 Å². The Balaban J connectivity index is 0.995. The molecular formula is C96H56B3FN4O2. The molecule has 106 heavy (non-hydrogen) atoms. The van der Waals surface area contributed by atoms with E-state index in [1.165, 1.54) is 12.1 Å². The van der Waals surface area contributed by atoms with Gasteiger partial charge in [-0.1, -0.05) is 279 Å². The molecule has 0 radical (unpaired) electrons. The van der Waals surface area contributed by atoms with Crippen molar-refractivity contribution in [1.29, 1.82) is 0 Å². The molecular weight excluding hydrogens is 1290 g/mol. The summed E-state index contributed by atoms with van der Waals surface area (Å²) < 4.78 is 254. The van der Waals surface area contributed by atoms with E-state index in [9.17, 15) is 30.2 Å². The molecule has 6 nitrogen and oxygen atoms in total. The minimum atomic E-state index is -1.62. The number of rotatable bonds is 7. The van der Waals surface area contributed by atoms with E-state index in [0.717, 1.165) is 0 Å². The van der Waals surface area contributed by atoms with Crippen LogP contribution in [0.5, 0.6) is 23.0 Å². The number of nitrogens with zero attached hydrogens (tertiary/aromatic N) is 4. The Hall–Kier alpha value is -13.6. The van der Waals surface area contributed by atoms with Gasteiger partial charge in [-0.25, -0.2) is 4.39 Å². The van der Waals surface area contributed by atoms with Crippen LogP contribution in [0, 0.1) is 5.82 Å².